The monoisotopic (exact) mass is 323 g/mol. The molecule has 0 unspecified atom stereocenters. The Balaban J connectivity index is 1.75. The Bertz CT molecular complexity index is 859. The first kappa shape index (κ1) is 15.1. The maximum absolute atomic E-state index is 6.44. The maximum Gasteiger partial charge on any atom is 0.261 e. The van der Waals surface area contributed by atoms with E-state index in [1.165, 1.54) is 0 Å². The molecule has 24 heavy (non-hydrogen) atoms. The van der Waals surface area contributed by atoms with Crippen LogP contribution in [-0.2, 0) is 5.54 Å². The van der Waals surface area contributed by atoms with Crippen LogP contribution in [0.4, 0.5) is 0 Å². The molecule has 124 valence electrons. The highest BCUT2D eigenvalue weighted by molar-refractivity contribution is 5.61. The molecule has 0 bridgehead atoms. The summed E-state index contributed by atoms with van der Waals surface area (Å²) < 4.78 is 7.45. The molecule has 0 saturated heterocycles. The lowest BCUT2D eigenvalue weighted by Crippen LogP contribution is -2.34. The summed E-state index contributed by atoms with van der Waals surface area (Å²) in [6, 6.07) is 10.0. The van der Waals surface area contributed by atoms with Crippen LogP contribution in [0.5, 0.6) is 0 Å². The molecule has 4 rings (SSSR count). The highest BCUT2D eigenvalue weighted by atomic mass is 16.5. The van der Waals surface area contributed by atoms with E-state index in [0.717, 1.165) is 48.3 Å². The molecular formula is C18H21N5O. The zero-order chi connectivity index (χ0) is 16.7. The number of benzene rings is 1. The predicted octanol–water partition coefficient (Wildman–Crippen LogP) is 3.27. The van der Waals surface area contributed by atoms with E-state index in [1.54, 1.807) is 0 Å². The Morgan fingerprint density at radius 1 is 1.12 bits per heavy atom. The molecule has 6 nitrogen and oxygen atoms in total. The number of hydrogen-bond acceptors (Lipinski definition) is 5. The number of hydrogen-bond donors (Lipinski definition) is 1. The van der Waals surface area contributed by atoms with Gasteiger partial charge in [-0.05, 0) is 38.8 Å². The second-order valence-corrected chi connectivity index (χ2v) is 6.58. The molecule has 1 aliphatic carbocycles. The van der Waals surface area contributed by atoms with Crippen LogP contribution in [0.1, 0.15) is 42.9 Å². The first-order chi connectivity index (χ1) is 11.6. The van der Waals surface area contributed by atoms with Crippen molar-refractivity contribution in [1.82, 2.24) is 19.9 Å². The van der Waals surface area contributed by atoms with Gasteiger partial charge in [0.05, 0.1) is 28.2 Å². The van der Waals surface area contributed by atoms with Crippen LogP contribution in [0.25, 0.3) is 17.1 Å². The van der Waals surface area contributed by atoms with Crippen LogP contribution in [0.15, 0.2) is 34.9 Å². The normalized spacial score (nSPS) is 16.6. The molecule has 2 aromatic heterocycles. The molecule has 6 heteroatoms. The maximum atomic E-state index is 6.44. The first-order valence-corrected chi connectivity index (χ1v) is 8.33. The summed E-state index contributed by atoms with van der Waals surface area (Å²) >= 11 is 0. The molecule has 0 amide bonds. The Hall–Kier alpha value is -2.47. The van der Waals surface area contributed by atoms with Gasteiger partial charge >= 0.3 is 0 Å². The van der Waals surface area contributed by atoms with E-state index in [2.05, 4.69) is 15.2 Å². The lowest BCUT2D eigenvalue weighted by molar-refractivity contribution is 0.372. The van der Waals surface area contributed by atoms with E-state index in [0.29, 0.717) is 11.7 Å². The zero-order valence-corrected chi connectivity index (χ0v) is 14.0. The fourth-order valence-corrected chi connectivity index (χ4v) is 3.53. The van der Waals surface area contributed by atoms with Gasteiger partial charge in [-0.2, -0.15) is 10.1 Å². The van der Waals surface area contributed by atoms with Crippen LogP contribution in [0.2, 0.25) is 0 Å². The average Bonchev–Trinajstić information content (AvgIpc) is 3.29. The molecule has 0 atom stereocenters. The Morgan fingerprint density at radius 2 is 1.83 bits per heavy atom. The van der Waals surface area contributed by atoms with E-state index in [1.807, 2.05) is 48.9 Å². The Morgan fingerprint density at radius 3 is 2.54 bits per heavy atom. The summed E-state index contributed by atoms with van der Waals surface area (Å²) in [5.41, 5.74) is 9.73. The molecule has 1 aliphatic rings. The van der Waals surface area contributed by atoms with Gasteiger partial charge in [-0.1, -0.05) is 36.2 Å². The van der Waals surface area contributed by atoms with Crippen molar-refractivity contribution in [2.24, 2.45) is 5.73 Å². The standard InChI is InChI=1S/C18H21N5O/c1-12-15(13(2)23(21-12)14-8-4-3-5-9-14)16-20-17(22-24-16)18(19)10-6-7-11-18/h3-5,8-9H,6-7,10-11,19H2,1-2H3. The third-order valence-corrected chi connectivity index (χ3v) is 4.87. The number of para-hydroxylation sites is 1. The molecular weight excluding hydrogens is 302 g/mol. The van der Waals surface area contributed by atoms with Crippen LogP contribution in [0, 0.1) is 13.8 Å². The van der Waals surface area contributed by atoms with Crippen LogP contribution in [0.3, 0.4) is 0 Å². The van der Waals surface area contributed by atoms with E-state index in [4.69, 9.17) is 10.3 Å². The van der Waals surface area contributed by atoms with Gasteiger partial charge in [0.15, 0.2) is 5.82 Å². The summed E-state index contributed by atoms with van der Waals surface area (Å²) in [5.74, 6) is 1.11. The van der Waals surface area contributed by atoms with Gasteiger partial charge in [-0.15, -0.1) is 0 Å². The van der Waals surface area contributed by atoms with Crippen molar-refractivity contribution in [3.05, 3.63) is 47.5 Å². The molecule has 0 spiro atoms. The first-order valence-electron chi connectivity index (χ1n) is 8.33. The molecule has 0 aliphatic heterocycles. The third kappa shape index (κ3) is 2.34. The lowest BCUT2D eigenvalue weighted by Gasteiger charge is -2.17. The highest BCUT2D eigenvalue weighted by Crippen LogP contribution is 2.36. The number of rotatable bonds is 3. The summed E-state index contributed by atoms with van der Waals surface area (Å²) in [6.07, 6.45) is 4.05. The second-order valence-electron chi connectivity index (χ2n) is 6.58. The van der Waals surface area contributed by atoms with Crippen molar-refractivity contribution in [1.29, 1.82) is 0 Å². The molecule has 1 saturated carbocycles. The summed E-state index contributed by atoms with van der Waals surface area (Å²) in [6.45, 7) is 3.97. The SMILES string of the molecule is Cc1nn(-c2ccccc2)c(C)c1-c1nc(C2(N)CCCC2)no1. The van der Waals surface area contributed by atoms with Crippen LogP contribution >= 0.6 is 0 Å². The number of nitrogens with zero attached hydrogens (tertiary/aromatic N) is 4. The molecule has 2 heterocycles. The number of nitrogens with two attached hydrogens (primary N) is 1. The second kappa shape index (κ2) is 5.56. The number of aromatic nitrogens is 4. The van der Waals surface area contributed by atoms with Crippen molar-refractivity contribution in [3.63, 3.8) is 0 Å². The fourth-order valence-electron chi connectivity index (χ4n) is 3.53. The molecule has 2 N–H and O–H groups in total. The minimum Gasteiger partial charge on any atom is -0.334 e. The van der Waals surface area contributed by atoms with Gasteiger partial charge in [0.2, 0.25) is 0 Å². The van der Waals surface area contributed by atoms with Gasteiger partial charge in [-0.3, -0.25) is 0 Å². The van der Waals surface area contributed by atoms with Crippen molar-refractivity contribution >= 4 is 0 Å². The van der Waals surface area contributed by atoms with E-state index < -0.39 is 5.54 Å². The number of aryl methyl sites for hydroxylation is 1. The highest BCUT2D eigenvalue weighted by Gasteiger charge is 2.36. The minimum atomic E-state index is -0.445. The van der Waals surface area contributed by atoms with Crippen molar-refractivity contribution in [2.75, 3.05) is 0 Å². The molecule has 1 fully saturated rings. The van der Waals surface area contributed by atoms with Crippen molar-refractivity contribution in [2.45, 2.75) is 45.1 Å². The predicted molar refractivity (Wildman–Crippen MR) is 90.7 cm³/mol. The molecule has 1 aromatic carbocycles. The summed E-state index contributed by atoms with van der Waals surface area (Å²) in [7, 11) is 0. The van der Waals surface area contributed by atoms with Crippen LogP contribution in [-0.4, -0.2) is 19.9 Å². The topological polar surface area (TPSA) is 82.8 Å². The largest absolute Gasteiger partial charge is 0.334 e. The molecule has 3 aromatic rings. The van der Waals surface area contributed by atoms with Gasteiger partial charge in [0.1, 0.15) is 0 Å². The van der Waals surface area contributed by atoms with Crippen molar-refractivity contribution < 1.29 is 4.52 Å². The van der Waals surface area contributed by atoms with Gasteiger partial charge in [0.25, 0.3) is 5.89 Å². The van der Waals surface area contributed by atoms with Crippen molar-refractivity contribution in [3.8, 4) is 17.1 Å². The van der Waals surface area contributed by atoms with E-state index in [-0.39, 0.29) is 0 Å². The zero-order valence-electron chi connectivity index (χ0n) is 14.0. The van der Waals surface area contributed by atoms with E-state index >= 15 is 0 Å². The summed E-state index contributed by atoms with van der Waals surface area (Å²) in [4.78, 5) is 4.61. The van der Waals surface area contributed by atoms with E-state index in [9.17, 15) is 0 Å². The quantitative estimate of drug-likeness (QED) is 0.800. The van der Waals surface area contributed by atoms with Gasteiger partial charge < -0.3 is 10.3 Å². The van der Waals surface area contributed by atoms with Crippen LogP contribution < -0.4 is 5.73 Å². The van der Waals surface area contributed by atoms with Gasteiger partial charge in [0, 0.05) is 0 Å². The minimum absolute atomic E-state index is 0.445. The Labute approximate surface area is 140 Å². The molecule has 0 radical (unpaired) electrons. The summed E-state index contributed by atoms with van der Waals surface area (Å²) in [5, 5.41) is 8.80. The Kier molecular flexibility index (Phi) is 3.49. The average molecular weight is 323 g/mol. The smallest absolute Gasteiger partial charge is 0.261 e. The fraction of sp³-hybridized carbons (Fsp3) is 0.389. The van der Waals surface area contributed by atoms with Gasteiger partial charge in [-0.25, -0.2) is 4.68 Å². The lowest BCUT2D eigenvalue weighted by atomic mass is 9.98. The third-order valence-electron chi connectivity index (χ3n) is 4.87.